The molecule has 20 nitrogen and oxygen atoms in total. The zero-order valence-electron chi connectivity index (χ0n) is 32.7. The molecule has 0 radical (unpaired) electrons. The van der Waals surface area contributed by atoms with Gasteiger partial charge in [-0.2, -0.15) is 0 Å². The Balaban J connectivity index is 1.99. The van der Waals surface area contributed by atoms with Crippen molar-refractivity contribution in [1.29, 1.82) is 0 Å². The van der Waals surface area contributed by atoms with Crippen molar-refractivity contribution < 1.29 is 62.5 Å². The number of carbonyl (C=O) groups excluding carboxylic acids is 8. The molecule has 2 unspecified atom stereocenters. The van der Waals surface area contributed by atoms with E-state index >= 15 is 0 Å². The topological polar surface area (TPSA) is 291 Å². The van der Waals surface area contributed by atoms with Crippen LogP contribution in [0.25, 0.3) is 0 Å². The monoisotopic (exact) mass is 803 g/mol. The van der Waals surface area contributed by atoms with Gasteiger partial charge >= 0.3 is 18.2 Å². The molecule has 4 atom stereocenters. The highest BCUT2D eigenvalue weighted by atomic mass is 16.7. The number of anilines is 1. The lowest BCUT2D eigenvalue weighted by molar-refractivity contribution is -0.147. The van der Waals surface area contributed by atoms with E-state index in [1.807, 2.05) is 0 Å². The molecule has 0 fully saturated rings. The zero-order chi connectivity index (χ0) is 42.7. The minimum atomic E-state index is -1.49. The van der Waals surface area contributed by atoms with Gasteiger partial charge < -0.3 is 51.6 Å². The fourth-order valence-corrected chi connectivity index (χ4v) is 5.25. The van der Waals surface area contributed by atoms with Crippen molar-refractivity contribution in [3.05, 3.63) is 42.0 Å². The van der Waals surface area contributed by atoms with E-state index in [9.17, 15) is 48.3 Å². The Kier molecular flexibility index (Phi) is 19.6. The first-order valence-electron chi connectivity index (χ1n) is 18.4. The highest BCUT2D eigenvalue weighted by molar-refractivity contribution is 6.12. The Morgan fingerprint density at radius 1 is 0.825 bits per heavy atom. The summed E-state index contributed by atoms with van der Waals surface area (Å²) < 4.78 is 15.8. The third-order valence-corrected chi connectivity index (χ3v) is 8.40. The van der Waals surface area contributed by atoms with E-state index in [4.69, 9.17) is 19.9 Å². The fourth-order valence-electron chi connectivity index (χ4n) is 5.25. The second kappa shape index (κ2) is 23.8. The third kappa shape index (κ3) is 16.7. The normalized spacial score (nSPS) is 14.3. The van der Waals surface area contributed by atoms with Gasteiger partial charge in [-0.15, -0.1) is 0 Å². The van der Waals surface area contributed by atoms with Crippen LogP contribution in [-0.4, -0.2) is 114 Å². The average Bonchev–Trinajstić information content (AvgIpc) is 3.47. The van der Waals surface area contributed by atoms with Crippen LogP contribution in [0.4, 0.5) is 15.3 Å². The number of hydrogen-bond donors (Lipinski definition) is 7. The van der Waals surface area contributed by atoms with Gasteiger partial charge in [0.05, 0.1) is 19.8 Å². The number of carboxylic acid groups (broad SMARTS) is 1. The first-order chi connectivity index (χ1) is 26.9. The minimum absolute atomic E-state index is 0.0185. The Morgan fingerprint density at radius 2 is 1.46 bits per heavy atom. The first kappa shape index (κ1) is 47.1. The van der Waals surface area contributed by atoms with Gasteiger partial charge in [-0.25, -0.2) is 14.4 Å². The number of amides is 8. The van der Waals surface area contributed by atoms with E-state index in [2.05, 4.69) is 26.6 Å². The largest absolute Gasteiger partial charge is 0.508 e. The predicted molar refractivity (Wildman–Crippen MR) is 202 cm³/mol. The molecule has 8 N–H and O–H groups in total. The van der Waals surface area contributed by atoms with Crippen LogP contribution >= 0.6 is 0 Å². The SMILES string of the molecule is CCC(=O)N[C@H](C(=O)O)[C@H](OC(=O)OCc1ccc(NC(=O)C(CCCNC(N)=O)NC(=O)C(NC(=O)CCOCCN2C(=O)C=CC2=O)C(C)C)cc1)C(C)C. The summed E-state index contributed by atoms with van der Waals surface area (Å²) in [4.78, 5) is 111. The van der Waals surface area contributed by atoms with Crippen LogP contribution in [0.3, 0.4) is 0 Å². The van der Waals surface area contributed by atoms with E-state index < -0.39 is 89.7 Å². The van der Waals surface area contributed by atoms with Gasteiger partial charge in [-0.05, 0) is 42.4 Å². The quantitative estimate of drug-likeness (QED) is 0.0431. The van der Waals surface area contributed by atoms with Gasteiger partial charge in [0.1, 0.15) is 24.8 Å². The van der Waals surface area contributed by atoms with Crippen LogP contribution in [0.1, 0.15) is 65.9 Å². The predicted octanol–water partition coefficient (Wildman–Crippen LogP) is 0.688. The molecule has 0 aliphatic carbocycles. The first-order valence-corrected chi connectivity index (χ1v) is 18.4. The summed E-state index contributed by atoms with van der Waals surface area (Å²) in [5, 5.41) is 22.4. The molecule has 1 aliphatic heterocycles. The Bertz CT molecular complexity index is 1610. The smallest absolute Gasteiger partial charge is 0.480 e. The maximum absolute atomic E-state index is 13.4. The number of nitrogens with two attached hydrogens (primary N) is 1. The van der Waals surface area contributed by atoms with Crippen molar-refractivity contribution in [3.8, 4) is 0 Å². The van der Waals surface area contributed by atoms with E-state index in [-0.39, 0.29) is 58.6 Å². The van der Waals surface area contributed by atoms with Gasteiger partial charge in [-0.1, -0.05) is 46.8 Å². The molecule has 1 aromatic carbocycles. The molecular formula is C37H53N7O13. The fraction of sp³-hybridized carbons (Fsp3) is 0.541. The summed E-state index contributed by atoms with van der Waals surface area (Å²) in [6, 6.07) is 1.74. The minimum Gasteiger partial charge on any atom is -0.480 e. The number of primary amides is 1. The third-order valence-electron chi connectivity index (χ3n) is 8.40. The number of ether oxygens (including phenoxy) is 3. The van der Waals surface area contributed by atoms with Crippen molar-refractivity contribution >= 4 is 59.3 Å². The summed E-state index contributed by atoms with van der Waals surface area (Å²) >= 11 is 0. The van der Waals surface area contributed by atoms with Crippen molar-refractivity contribution in [3.63, 3.8) is 0 Å². The van der Waals surface area contributed by atoms with Crippen LogP contribution in [0.2, 0.25) is 0 Å². The van der Waals surface area contributed by atoms with Crippen LogP contribution in [-0.2, 0) is 54.4 Å². The lowest BCUT2D eigenvalue weighted by atomic mass is 9.99. The van der Waals surface area contributed by atoms with E-state index in [1.165, 1.54) is 12.1 Å². The van der Waals surface area contributed by atoms with Crippen LogP contribution in [0.15, 0.2) is 36.4 Å². The molecule has 1 heterocycles. The number of imide groups is 1. The molecule has 0 aromatic heterocycles. The highest BCUT2D eigenvalue weighted by Crippen LogP contribution is 2.16. The molecular weight excluding hydrogens is 750 g/mol. The van der Waals surface area contributed by atoms with Crippen molar-refractivity contribution in [1.82, 2.24) is 26.2 Å². The van der Waals surface area contributed by atoms with Crippen molar-refractivity contribution in [2.75, 3.05) is 31.6 Å². The molecule has 2 rings (SSSR count). The number of nitrogens with zero attached hydrogens (tertiary/aromatic N) is 1. The number of hydrogen-bond acceptors (Lipinski definition) is 12. The summed E-state index contributed by atoms with van der Waals surface area (Å²) in [7, 11) is 0. The summed E-state index contributed by atoms with van der Waals surface area (Å²) in [6.07, 6.45) is 0.192. The van der Waals surface area contributed by atoms with E-state index in [0.717, 1.165) is 17.1 Å². The molecule has 0 saturated carbocycles. The Hall–Kier alpha value is -6.05. The number of urea groups is 1. The number of nitrogens with one attached hydrogen (secondary N) is 5. The zero-order valence-corrected chi connectivity index (χ0v) is 32.7. The molecule has 0 saturated heterocycles. The highest BCUT2D eigenvalue weighted by Gasteiger charge is 2.35. The number of aliphatic carboxylic acids is 1. The van der Waals surface area contributed by atoms with E-state index in [0.29, 0.717) is 11.3 Å². The summed E-state index contributed by atoms with van der Waals surface area (Å²) in [5.41, 5.74) is 5.94. The van der Waals surface area contributed by atoms with Gasteiger partial charge in [0.2, 0.25) is 23.6 Å². The molecule has 314 valence electrons. The molecule has 0 bridgehead atoms. The Labute approximate surface area is 329 Å². The lowest BCUT2D eigenvalue weighted by Crippen LogP contribution is -2.54. The summed E-state index contributed by atoms with van der Waals surface area (Å²) in [5.74, 6) is -5.42. The molecule has 8 amide bonds. The second-order valence-corrected chi connectivity index (χ2v) is 13.6. The molecule has 1 aliphatic rings. The maximum atomic E-state index is 13.4. The summed E-state index contributed by atoms with van der Waals surface area (Å²) in [6.45, 7) is 8.07. The lowest BCUT2D eigenvalue weighted by Gasteiger charge is -2.27. The number of carbonyl (C=O) groups is 9. The van der Waals surface area contributed by atoms with Gasteiger partial charge in [-0.3, -0.25) is 33.7 Å². The molecule has 1 aromatic rings. The van der Waals surface area contributed by atoms with Crippen molar-refractivity contribution in [2.24, 2.45) is 17.6 Å². The second-order valence-electron chi connectivity index (χ2n) is 13.6. The Morgan fingerprint density at radius 3 is 2.02 bits per heavy atom. The molecule has 0 spiro atoms. The number of benzene rings is 1. The van der Waals surface area contributed by atoms with Gasteiger partial charge in [0.25, 0.3) is 11.8 Å². The van der Waals surface area contributed by atoms with Crippen LogP contribution in [0.5, 0.6) is 0 Å². The number of carboxylic acids is 1. The van der Waals surface area contributed by atoms with Gasteiger partial charge in [0, 0.05) is 37.2 Å². The maximum Gasteiger partial charge on any atom is 0.508 e. The molecule has 57 heavy (non-hydrogen) atoms. The van der Waals surface area contributed by atoms with Crippen molar-refractivity contribution in [2.45, 2.75) is 91.1 Å². The number of rotatable bonds is 24. The standard InChI is InChI=1S/C37H53N7O13/c1-6-26(45)42-31(35(51)52)32(22(4)5)57-37(54)56-20-23-9-11-24(12-10-23)40-33(49)25(8-7-16-39-36(38)53)41-34(50)30(21(2)3)43-27(46)15-18-55-19-17-44-28(47)13-14-29(44)48/h9-14,21-22,25,30-32H,6-8,15-20H2,1-5H3,(H,40,49)(H,41,50)(H,42,45)(H,43,46)(H,51,52)(H3,38,39,53)/t25?,30?,31-,32+/m0/s1. The van der Waals surface area contributed by atoms with E-state index in [1.54, 1.807) is 46.8 Å². The van der Waals surface area contributed by atoms with Crippen LogP contribution < -0.4 is 32.3 Å². The van der Waals surface area contributed by atoms with Crippen LogP contribution in [0, 0.1) is 11.8 Å². The average molecular weight is 804 g/mol. The van der Waals surface area contributed by atoms with Gasteiger partial charge in [0.15, 0.2) is 6.04 Å². The molecule has 20 heteroatoms.